The van der Waals surface area contributed by atoms with Crippen molar-refractivity contribution in [3.05, 3.63) is 120 Å². The zero-order chi connectivity index (χ0) is 21.0. The van der Waals surface area contributed by atoms with Crippen LogP contribution in [0.3, 0.4) is 0 Å². The first kappa shape index (κ1) is 19.4. The van der Waals surface area contributed by atoms with Crippen molar-refractivity contribution in [2.45, 2.75) is 0 Å². The highest BCUT2D eigenvalue weighted by Gasteiger charge is 2.12. The zero-order valence-corrected chi connectivity index (χ0v) is 18.3. The van der Waals surface area contributed by atoms with Gasteiger partial charge in [0.05, 0.1) is 11.4 Å². The van der Waals surface area contributed by atoms with Crippen molar-refractivity contribution in [2.75, 3.05) is 0 Å². The molecule has 5 aromatic rings. The van der Waals surface area contributed by atoms with Gasteiger partial charge in [-0.25, -0.2) is 9.97 Å². The van der Waals surface area contributed by atoms with E-state index < -0.39 is 0 Å². The van der Waals surface area contributed by atoms with Crippen molar-refractivity contribution in [3.63, 3.8) is 0 Å². The van der Waals surface area contributed by atoms with Crippen molar-refractivity contribution in [1.82, 2.24) is 9.97 Å². The summed E-state index contributed by atoms with van der Waals surface area (Å²) in [6.07, 6.45) is 0. The average molecular weight is 463 g/mol. The number of aromatic nitrogens is 2. The molecule has 5 rings (SSSR count). The fraction of sp³-hybridized carbons (Fsp3) is 0. The van der Waals surface area contributed by atoms with E-state index in [1.165, 1.54) is 5.56 Å². The Morgan fingerprint density at radius 1 is 0.452 bits per heavy atom. The Labute approximate surface area is 190 Å². The third-order valence-electron chi connectivity index (χ3n) is 5.18. The molecule has 3 heteroatoms. The van der Waals surface area contributed by atoms with Gasteiger partial charge in [-0.05, 0) is 23.3 Å². The third kappa shape index (κ3) is 4.18. The SMILES string of the molecule is Brc1cc(-c2cc(-c3ccccc3)nc(-c3ccccc3)n2)ccc1-c1ccccc1. The molecule has 0 spiro atoms. The molecule has 1 heterocycles. The van der Waals surface area contributed by atoms with E-state index in [4.69, 9.17) is 9.97 Å². The molecule has 0 aliphatic heterocycles. The van der Waals surface area contributed by atoms with Gasteiger partial charge in [0, 0.05) is 21.2 Å². The molecule has 0 unspecified atom stereocenters. The van der Waals surface area contributed by atoms with E-state index in [-0.39, 0.29) is 0 Å². The molecule has 1 aromatic heterocycles. The Morgan fingerprint density at radius 2 is 0.968 bits per heavy atom. The van der Waals surface area contributed by atoms with Crippen LogP contribution in [0.2, 0.25) is 0 Å². The van der Waals surface area contributed by atoms with Gasteiger partial charge in [-0.3, -0.25) is 0 Å². The quantitative estimate of drug-likeness (QED) is 0.271. The lowest BCUT2D eigenvalue weighted by Crippen LogP contribution is -1.96. The summed E-state index contributed by atoms with van der Waals surface area (Å²) in [5.74, 6) is 0.722. The normalized spacial score (nSPS) is 10.7. The fourth-order valence-corrected chi connectivity index (χ4v) is 4.20. The second-order valence-corrected chi connectivity index (χ2v) is 8.11. The summed E-state index contributed by atoms with van der Waals surface area (Å²) < 4.78 is 1.04. The number of benzene rings is 4. The predicted molar refractivity (Wildman–Crippen MR) is 131 cm³/mol. The molecule has 0 aliphatic rings. The van der Waals surface area contributed by atoms with Crippen LogP contribution in [0.15, 0.2) is 120 Å². The summed E-state index contributed by atoms with van der Waals surface area (Å²) in [6, 6.07) is 39.2. The zero-order valence-electron chi connectivity index (χ0n) is 16.7. The number of rotatable bonds is 4. The van der Waals surface area contributed by atoms with Crippen LogP contribution in [0.5, 0.6) is 0 Å². The summed E-state index contributed by atoms with van der Waals surface area (Å²) in [6.45, 7) is 0. The van der Waals surface area contributed by atoms with Gasteiger partial charge >= 0.3 is 0 Å². The summed E-state index contributed by atoms with van der Waals surface area (Å²) >= 11 is 3.76. The van der Waals surface area contributed by atoms with Gasteiger partial charge in [0.1, 0.15) is 0 Å². The van der Waals surface area contributed by atoms with Gasteiger partial charge in [0.25, 0.3) is 0 Å². The maximum Gasteiger partial charge on any atom is 0.160 e. The molecule has 0 bridgehead atoms. The standard InChI is InChI=1S/C28H19BrN2/c29-25-18-23(16-17-24(25)20-10-4-1-5-11-20)27-19-26(21-12-6-2-7-13-21)30-28(31-27)22-14-8-3-9-15-22/h1-19H. The maximum absolute atomic E-state index is 4.91. The van der Waals surface area contributed by atoms with Crippen LogP contribution in [0.25, 0.3) is 45.0 Å². The van der Waals surface area contributed by atoms with Crippen LogP contribution in [0.4, 0.5) is 0 Å². The van der Waals surface area contributed by atoms with Gasteiger partial charge in [0.15, 0.2) is 5.82 Å². The van der Waals surface area contributed by atoms with E-state index in [0.29, 0.717) is 0 Å². The molecule has 0 N–H and O–H groups in total. The lowest BCUT2D eigenvalue weighted by molar-refractivity contribution is 1.18. The van der Waals surface area contributed by atoms with E-state index in [2.05, 4.69) is 76.6 Å². The molecule has 0 atom stereocenters. The van der Waals surface area contributed by atoms with Crippen LogP contribution in [-0.4, -0.2) is 9.97 Å². The topological polar surface area (TPSA) is 25.8 Å². The Morgan fingerprint density at radius 3 is 1.55 bits per heavy atom. The lowest BCUT2D eigenvalue weighted by atomic mass is 10.0. The molecule has 148 valence electrons. The average Bonchev–Trinajstić information content (AvgIpc) is 2.85. The highest BCUT2D eigenvalue weighted by molar-refractivity contribution is 9.10. The number of hydrogen-bond acceptors (Lipinski definition) is 2. The molecule has 2 nitrogen and oxygen atoms in total. The van der Waals surface area contributed by atoms with E-state index in [1.807, 2.05) is 54.6 Å². The first-order valence-corrected chi connectivity index (χ1v) is 10.9. The highest BCUT2D eigenvalue weighted by atomic mass is 79.9. The van der Waals surface area contributed by atoms with Gasteiger partial charge < -0.3 is 0 Å². The number of halogens is 1. The molecule has 0 radical (unpaired) electrons. The van der Waals surface area contributed by atoms with E-state index in [0.717, 1.165) is 43.9 Å². The van der Waals surface area contributed by atoms with Crippen molar-refractivity contribution >= 4 is 15.9 Å². The minimum Gasteiger partial charge on any atom is -0.228 e. The molecule has 31 heavy (non-hydrogen) atoms. The second-order valence-electron chi connectivity index (χ2n) is 7.25. The maximum atomic E-state index is 4.91. The Hall–Kier alpha value is -3.56. The van der Waals surface area contributed by atoms with E-state index in [9.17, 15) is 0 Å². The molecular weight excluding hydrogens is 444 g/mol. The van der Waals surface area contributed by atoms with E-state index >= 15 is 0 Å². The molecule has 0 amide bonds. The van der Waals surface area contributed by atoms with Gasteiger partial charge in [-0.1, -0.05) is 119 Å². The lowest BCUT2D eigenvalue weighted by Gasteiger charge is -2.11. The summed E-state index contributed by atoms with van der Waals surface area (Å²) in [5.41, 5.74) is 7.26. The predicted octanol–water partition coefficient (Wildman–Crippen LogP) is 7.91. The Balaban J connectivity index is 1.64. The summed E-state index contributed by atoms with van der Waals surface area (Å²) in [7, 11) is 0. The van der Waals surface area contributed by atoms with Crippen LogP contribution in [0.1, 0.15) is 0 Å². The van der Waals surface area contributed by atoms with E-state index in [1.54, 1.807) is 0 Å². The monoisotopic (exact) mass is 462 g/mol. The molecule has 0 saturated carbocycles. The Bertz CT molecular complexity index is 1260. The largest absolute Gasteiger partial charge is 0.228 e. The first-order valence-electron chi connectivity index (χ1n) is 10.1. The van der Waals surface area contributed by atoms with Crippen molar-refractivity contribution in [3.8, 4) is 45.0 Å². The molecular formula is C28H19BrN2. The third-order valence-corrected chi connectivity index (χ3v) is 5.83. The minimum atomic E-state index is 0.722. The first-order chi connectivity index (χ1) is 15.3. The molecule has 0 fully saturated rings. The van der Waals surface area contributed by atoms with Crippen LogP contribution in [0, 0.1) is 0 Å². The van der Waals surface area contributed by atoms with Crippen molar-refractivity contribution in [1.29, 1.82) is 0 Å². The van der Waals surface area contributed by atoms with Crippen molar-refractivity contribution in [2.24, 2.45) is 0 Å². The smallest absolute Gasteiger partial charge is 0.160 e. The van der Waals surface area contributed by atoms with Crippen LogP contribution < -0.4 is 0 Å². The van der Waals surface area contributed by atoms with Gasteiger partial charge in [-0.2, -0.15) is 0 Å². The van der Waals surface area contributed by atoms with Crippen LogP contribution >= 0.6 is 15.9 Å². The fourth-order valence-electron chi connectivity index (χ4n) is 3.59. The number of nitrogens with zero attached hydrogens (tertiary/aromatic N) is 2. The minimum absolute atomic E-state index is 0.722. The molecule has 0 saturated heterocycles. The summed E-state index contributed by atoms with van der Waals surface area (Å²) in [5, 5.41) is 0. The second kappa shape index (κ2) is 8.66. The Kier molecular flexibility index (Phi) is 5.42. The molecule has 0 aliphatic carbocycles. The van der Waals surface area contributed by atoms with Crippen molar-refractivity contribution < 1.29 is 0 Å². The van der Waals surface area contributed by atoms with Gasteiger partial charge in [0.2, 0.25) is 0 Å². The number of hydrogen-bond donors (Lipinski definition) is 0. The van der Waals surface area contributed by atoms with Gasteiger partial charge in [-0.15, -0.1) is 0 Å². The summed E-state index contributed by atoms with van der Waals surface area (Å²) in [4.78, 5) is 9.78. The highest BCUT2D eigenvalue weighted by Crippen LogP contribution is 2.33. The van der Waals surface area contributed by atoms with Crippen LogP contribution in [-0.2, 0) is 0 Å². The molecule has 4 aromatic carbocycles.